The second-order valence-corrected chi connectivity index (χ2v) is 3.81. The molecule has 2 atom stereocenters. The van der Waals surface area contributed by atoms with E-state index in [1.165, 1.54) is 7.11 Å². The van der Waals surface area contributed by atoms with Crippen LogP contribution in [-0.2, 0) is 14.3 Å². The van der Waals surface area contributed by atoms with Crippen molar-refractivity contribution < 1.29 is 24.9 Å². The van der Waals surface area contributed by atoms with E-state index in [0.717, 1.165) is 20.0 Å². The molecule has 0 saturated heterocycles. The molecule has 0 aromatic heterocycles. The minimum atomic E-state index is -0.118. The topological polar surface area (TPSA) is 173 Å². The van der Waals surface area contributed by atoms with Crippen molar-refractivity contribution in [2.24, 2.45) is 29.3 Å². The Morgan fingerprint density at radius 3 is 1.48 bits per heavy atom. The summed E-state index contributed by atoms with van der Waals surface area (Å²) in [5, 5.41) is 7.00. The zero-order chi connectivity index (χ0) is 17.1. The van der Waals surface area contributed by atoms with Gasteiger partial charge < -0.3 is 21.1 Å². The molecular formula is C13H35N3O5. The normalized spacial score (nSPS) is 10.6. The predicted molar refractivity (Wildman–Crippen MR) is 85.1 cm³/mol. The van der Waals surface area contributed by atoms with Gasteiger partial charge in [0.2, 0.25) is 0 Å². The summed E-state index contributed by atoms with van der Waals surface area (Å²) in [6.45, 7) is 7.88. The van der Waals surface area contributed by atoms with Crippen molar-refractivity contribution in [1.29, 1.82) is 0 Å². The fourth-order valence-electron chi connectivity index (χ4n) is 0.797. The quantitative estimate of drug-likeness (QED) is 0.297. The van der Waals surface area contributed by atoms with Gasteiger partial charge >= 0.3 is 5.97 Å². The van der Waals surface area contributed by atoms with Crippen molar-refractivity contribution in [2.75, 3.05) is 20.8 Å². The first kappa shape index (κ1) is 32.0. The van der Waals surface area contributed by atoms with Gasteiger partial charge in [-0.2, -0.15) is 0 Å². The van der Waals surface area contributed by atoms with E-state index >= 15 is 0 Å². The largest absolute Gasteiger partial charge is 0.469 e. The maximum Gasteiger partial charge on any atom is 0.308 e. The van der Waals surface area contributed by atoms with E-state index in [-0.39, 0.29) is 35.6 Å². The Kier molecular flexibility index (Phi) is 41.7. The van der Waals surface area contributed by atoms with Gasteiger partial charge in [0.15, 0.2) is 0 Å². The van der Waals surface area contributed by atoms with E-state index in [9.17, 15) is 9.59 Å². The van der Waals surface area contributed by atoms with E-state index in [0.29, 0.717) is 0 Å². The van der Waals surface area contributed by atoms with Crippen molar-refractivity contribution in [3.05, 3.63) is 0 Å². The lowest BCUT2D eigenvalue weighted by atomic mass is 10.0. The number of ether oxygens (including phenoxy) is 1. The summed E-state index contributed by atoms with van der Waals surface area (Å²) < 4.78 is 4.46. The molecule has 0 aliphatic rings. The third-order valence-electron chi connectivity index (χ3n) is 2.58. The van der Waals surface area contributed by atoms with Crippen LogP contribution in [0.1, 0.15) is 40.5 Å². The molecule has 0 aliphatic heterocycles. The molecule has 0 unspecified atom stereocenters. The lowest BCUT2D eigenvalue weighted by Gasteiger charge is -2.02. The molecule has 9 N–H and O–H groups in total. The van der Waals surface area contributed by atoms with E-state index in [1.54, 1.807) is 0 Å². The molecule has 0 fully saturated rings. The summed E-state index contributed by atoms with van der Waals surface area (Å²) in [4.78, 5) is 21.1. The van der Waals surface area contributed by atoms with Gasteiger partial charge in [0, 0.05) is 13.0 Å². The van der Waals surface area contributed by atoms with Crippen LogP contribution in [0.3, 0.4) is 0 Å². The summed E-state index contributed by atoms with van der Waals surface area (Å²) in [5.41, 5.74) is 5.10. The van der Waals surface area contributed by atoms with Crippen molar-refractivity contribution in [3.63, 3.8) is 0 Å². The zero-order valence-electron chi connectivity index (χ0n) is 14.2. The number of aliphatic hydroxyl groups excluding tert-OH is 1. The van der Waals surface area contributed by atoms with Crippen LogP contribution in [0.2, 0.25) is 0 Å². The lowest BCUT2D eigenvalue weighted by molar-refractivity contribution is -0.144. The Hall–Kier alpha value is -1.06. The Morgan fingerprint density at radius 1 is 1.05 bits per heavy atom. The number of rotatable bonds is 5. The summed E-state index contributed by atoms with van der Waals surface area (Å²) in [6.07, 6.45) is 1.75. The minimum Gasteiger partial charge on any atom is -0.469 e. The molecule has 0 bridgehead atoms. The number of carbonyl (C=O) groups is 2. The Labute approximate surface area is 128 Å². The van der Waals surface area contributed by atoms with E-state index in [1.807, 2.05) is 27.7 Å². The number of carbonyl (C=O) groups excluding carboxylic acids is 2. The van der Waals surface area contributed by atoms with Crippen molar-refractivity contribution in [1.82, 2.24) is 0 Å². The first-order valence-electron chi connectivity index (χ1n) is 6.53. The van der Waals surface area contributed by atoms with Gasteiger partial charge in [-0.05, 0) is 12.8 Å². The van der Waals surface area contributed by atoms with Crippen LogP contribution < -0.4 is 17.4 Å². The molecule has 8 heteroatoms. The number of nitrogens with two attached hydrogens (primary N) is 3. The molecule has 0 spiro atoms. The van der Waals surface area contributed by atoms with Gasteiger partial charge in [-0.15, -0.1) is 0 Å². The number of Topliss-reactive ketones (excluding diaryl/α,β-unsaturated/α-hetero) is 1. The molecule has 0 aliphatic carbocycles. The Balaban J connectivity index is -0.0000000630. The molecule has 0 aromatic carbocycles. The van der Waals surface area contributed by atoms with Gasteiger partial charge in [0.05, 0.1) is 19.6 Å². The first-order valence-corrected chi connectivity index (χ1v) is 6.53. The fourth-order valence-corrected chi connectivity index (χ4v) is 0.797. The maximum absolute atomic E-state index is 10.6. The van der Waals surface area contributed by atoms with Crippen LogP contribution >= 0.6 is 0 Å². The summed E-state index contributed by atoms with van der Waals surface area (Å²) >= 11 is 0. The number of hydrogen-bond acceptors (Lipinski definition) is 7. The number of hydrogen-bond donors (Lipinski definition) is 4. The number of hydrazine groups is 1. The molecule has 21 heavy (non-hydrogen) atoms. The van der Waals surface area contributed by atoms with Crippen LogP contribution in [0.5, 0.6) is 0 Å². The smallest absolute Gasteiger partial charge is 0.308 e. The first-order chi connectivity index (χ1) is 9.44. The molecular weight excluding hydrogens is 278 g/mol. The zero-order valence-corrected chi connectivity index (χ0v) is 14.2. The summed E-state index contributed by atoms with van der Waals surface area (Å²) in [7, 11) is 2.41. The van der Waals surface area contributed by atoms with E-state index in [4.69, 9.17) is 10.8 Å². The predicted octanol–water partition coefficient (Wildman–Crippen LogP) is -0.632. The molecule has 0 saturated carbocycles. The van der Waals surface area contributed by atoms with Crippen LogP contribution in [0, 0.1) is 11.8 Å². The van der Waals surface area contributed by atoms with Gasteiger partial charge in [-0.1, -0.05) is 27.7 Å². The molecule has 8 nitrogen and oxygen atoms in total. The van der Waals surface area contributed by atoms with Crippen molar-refractivity contribution in [3.8, 4) is 0 Å². The summed E-state index contributed by atoms with van der Waals surface area (Å²) in [5.74, 6) is 8.25. The Morgan fingerprint density at radius 2 is 1.38 bits per heavy atom. The van der Waals surface area contributed by atoms with Crippen molar-refractivity contribution in [2.45, 2.75) is 40.5 Å². The van der Waals surface area contributed by atoms with Crippen LogP contribution in [0.4, 0.5) is 0 Å². The third-order valence-corrected chi connectivity index (χ3v) is 2.58. The van der Waals surface area contributed by atoms with Crippen LogP contribution in [-0.4, -0.2) is 43.1 Å². The van der Waals surface area contributed by atoms with Gasteiger partial charge in [0.1, 0.15) is 5.78 Å². The minimum absolute atomic E-state index is 0. The highest BCUT2D eigenvalue weighted by molar-refractivity contribution is 5.82. The molecule has 0 radical (unpaired) electrons. The second kappa shape index (κ2) is 27.3. The molecule has 0 rings (SSSR count). The highest BCUT2D eigenvalue weighted by Crippen LogP contribution is 2.01. The number of ketones is 1. The average Bonchev–Trinajstić information content (AvgIpc) is 2.55. The monoisotopic (exact) mass is 313 g/mol. The maximum atomic E-state index is 10.6. The van der Waals surface area contributed by atoms with E-state index in [2.05, 4.69) is 16.4 Å². The molecule has 0 aromatic rings. The molecule has 0 amide bonds. The molecule has 132 valence electrons. The van der Waals surface area contributed by atoms with Crippen LogP contribution in [0.25, 0.3) is 0 Å². The SMILES string of the molecule is CC[C@H](C)C(=O)CN.CC[C@H](C)C(=O)OC.CO.NN.O. The van der Waals surface area contributed by atoms with Gasteiger partial charge in [0.25, 0.3) is 0 Å². The highest BCUT2D eigenvalue weighted by Gasteiger charge is 2.08. The Bertz CT molecular complexity index is 194. The third kappa shape index (κ3) is 24.4. The van der Waals surface area contributed by atoms with Gasteiger partial charge in [-0.3, -0.25) is 21.3 Å². The standard InChI is InChI=1S/C6H13NO.C6H12O2.CH4O.H4N2.H2O/c1-3-5(2)6(8)4-7;1-4-5(2)6(7)8-3;2*1-2;/h5H,3-4,7H2,1-2H3;5H,4H2,1-3H3;2H,1H3;1-2H2;1H2/t2*5-;;;/m00.../s1. The van der Waals surface area contributed by atoms with E-state index < -0.39 is 0 Å². The number of aliphatic hydroxyl groups is 1. The number of methoxy groups -OCH3 is 1. The molecule has 0 heterocycles. The lowest BCUT2D eigenvalue weighted by Crippen LogP contribution is -2.20. The highest BCUT2D eigenvalue weighted by atomic mass is 16.5. The summed E-state index contributed by atoms with van der Waals surface area (Å²) in [6, 6.07) is 0. The average molecular weight is 313 g/mol. The number of esters is 1. The van der Waals surface area contributed by atoms with Gasteiger partial charge in [-0.25, -0.2) is 0 Å². The van der Waals surface area contributed by atoms with Crippen LogP contribution in [0.15, 0.2) is 0 Å². The second-order valence-electron chi connectivity index (χ2n) is 3.81. The van der Waals surface area contributed by atoms with Crippen molar-refractivity contribution >= 4 is 11.8 Å². The fraction of sp³-hybridized carbons (Fsp3) is 0.846.